The van der Waals surface area contributed by atoms with Crippen LogP contribution in [-0.2, 0) is 4.79 Å². The van der Waals surface area contributed by atoms with Crippen LogP contribution in [0.1, 0.15) is 6.92 Å². The van der Waals surface area contributed by atoms with Crippen molar-refractivity contribution >= 4 is 28.4 Å². The molecule has 0 unspecified atom stereocenters. The summed E-state index contributed by atoms with van der Waals surface area (Å²) < 4.78 is 10.8. The highest BCUT2D eigenvalue weighted by atomic mass is 16.5. The molecule has 3 amide bonds. The molecular weight excluding hydrogens is 358 g/mol. The first kappa shape index (κ1) is 19.0. The van der Waals surface area contributed by atoms with E-state index in [1.165, 1.54) is 7.11 Å². The molecule has 3 rings (SSSR count). The highest BCUT2D eigenvalue weighted by Gasteiger charge is 2.16. The first-order valence-corrected chi connectivity index (χ1v) is 8.72. The topological polar surface area (TPSA) is 88.7 Å². The maximum atomic E-state index is 12.2. The van der Waals surface area contributed by atoms with Crippen LogP contribution in [0.2, 0.25) is 0 Å². The van der Waals surface area contributed by atoms with E-state index in [0.717, 1.165) is 10.8 Å². The minimum Gasteiger partial charge on any atom is -0.495 e. The first-order valence-electron chi connectivity index (χ1n) is 8.72. The van der Waals surface area contributed by atoms with Crippen molar-refractivity contribution in [2.24, 2.45) is 0 Å². The molecule has 0 saturated heterocycles. The molecule has 0 heterocycles. The van der Waals surface area contributed by atoms with Gasteiger partial charge in [-0.15, -0.1) is 0 Å². The average Bonchev–Trinajstić information content (AvgIpc) is 2.72. The van der Waals surface area contributed by atoms with Crippen LogP contribution in [0.25, 0.3) is 10.8 Å². The van der Waals surface area contributed by atoms with Gasteiger partial charge in [0.1, 0.15) is 11.5 Å². The quantitative estimate of drug-likeness (QED) is 0.592. The minimum atomic E-state index is -0.798. The fourth-order valence-electron chi connectivity index (χ4n) is 2.62. The molecule has 0 aromatic heterocycles. The fraction of sp³-hybridized carbons (Fsp3) is 0.143. The maximum Gasteiger partial charge on any atom is 0.338 e. The monoisotopic (exact) mass is 379 g/mol. The Labute approximate surface area is 162 Å². The van der Waals surface area contributed by atoms with Crippen molar-refractivity contribution in [3.05, 3.63) is 66.7 Å². The molecule has 3 aromatic rings. The Kier molecular flexibility index (Phi) is 5.96. The fourth-order valence-corrected chi connectivity index (χ4v) is 2.62. The Hall–Kier alpha value is -3.74. The zero-order chi connectivity index (χ0) is 19.9. The van der Waals surface area contributed by atoms with Crippen LogP contribution in [0.15, 0.2) is 66.7 Å². The summed E-state index contributed by atoms with van der Waals surface area (Å²) >= 11 is 0. The van der Waals surface area contributed by atoms with E-state index in [0.29, 0.717) is 17.2 Å². The van der Waals surface area contributed by atoms with Gasteiger partial charge in [-0.1, -0.05) is 42.5 Å². The molecule has 1 atom stereocenters. The number of hydrogen-bond acceptors (Lipinski definition) is 4. The third-order valence-electron chi connectivity index (χ3n) is 4.06. The number of nitrogens with one attached hydrogen (secondary N) is 3. The van der Waals surface area contributed by atoms with E-state index in [2.05, 4.69) is 16.2 Å². The standard InChI is InChI=1S/C21H21N3O4/c1-14(28-17-12-11-15-7-3-4-8-16(15)13-17)20(25)23-24-21(26)22-18-9-5-6-10-19(18)27-2/h3-14H,1-2H3,(H,23,25)(H2,22,24,26)/t14-/m1/s1. The maximum absolute atomic E-state index is 12.2. The van der Waals surface area contributed by atoms with Crippen LogP contribution in [-0.4, -0.2) is 25.2 Å². The van der Waals surface area contributed by atoms with Crippen molar-refractivity contribution in [3.8, 4) is 11.5 Å². The highest BCUT2D eigenvalue weighted by molar-refractivity contribution is 5.92. The van der Waals surface area contributed by atoms with Gasteiger partial charge in [-0.05, 0) is 42.0 Å². The van der Waals surface area contributed by atoms with E-state index in [9.17, 15) is 9.59 Å². The number of carbonyl (C=O) groups excluding carboxylic acids is 2. The van der Waals surface area contributed by atoms with Crippen LogP contribution in [0.5, 0.6) is 11.5 Å². The molecule has 3 N–H and O–H groups in total. The summed E-state index contributed by atoms with van der Waals surface area (Å²) in [5, 5.41) is 4.70. The SMILES string of the molecule is COc1ccccc1NC(=O)NNC(=O)[C@@H](C)Oc1ccc2ccccc2c1. The van der Waals surface area contributed by atoms with Crippen LogP contribution in [0.3, 0.4) is 0 Å². The Morgan fingerprint density at radius 1 is 0.893 bits per heavy atom. The molecule has 7 heteroatoms. The molecule has 0 spiro atoms. The molecule has 0 aliphatic heterocycles. The predicted molar refractivity (Wildman–Crippen MR) is 107 cm³/mol. The van der Waals surface area contributed by atoms with Crippen molar-refractivity contribution in [1.29, 1.82) is 0 Å². The molecule has 0 aliphatic carbocycles. The summed E-state index contributed by atoms with van der Waals surface area (Å²) in [6, 6.07) is 19.8. The van der Waals surface area contributed by atoms with Gasteiger partial charge in [0.05, 0.1) is 12.8 Å². The van der Waals surface area contributed by atoms with Gasteiger partial charge in [-0.2, -0.15) is 0 Å². The number of rotatable bonds is 5. The minimum absolute atomic E-state index is 0.483. The third-order valence-corrected chi connectivity index (χ3v) is 4.06. The summed E-state index contributed by atoms with van der Waals surface area (Å²) in [4.78, 5) is 24.2. The van der Waals surface area contributed by atoms with Gasteiger partial charge >= 0.3 is 6.03 Å². The number of carbonyl (C=O) groups is 2. The molecule has 144 valence electrons. The van der Waals surface area contributed by atoms with E-state index in [4.69, 9.17) is 9.47 Å². The zero-order valence-corrected chi connectivity index (χ0v) is 15.6. The van der Waals surface area contributed by atoms with Gasteiger partial charge in [-0.25, -0.2) is 10.2 Å². The Bertz CT molecular complexity index is 990. The van der Waals surface area contributed by atoms with Gasteiger partial charge in [0.15, 0.2) is 6.10 Å². The summed E-state index contributed by atoms with van der Waals surface area (Å²) in [7, 11) is 1.51. The van der Waals surface area contributed by atoms with E-state index in [1.807, 2.05) is 36.4 Å². The van der Waals surface area contributed by atoms with Crippen LogP contribution in [0, 0.1) is 0 Å². The van der Waals surface area contributed by atoms with Crippen molar-refractivity contribution in [2.45, 2.75) is 13.0 Å². The first-order chi connectivity index (χ1) is 13.6. The highest BCUT2D eigenvalue weighted by Crippen LogP contribution is 2.23. The number of ether oxygens (including phenoxy) is 2. The molecular formula is C21H21N3O4. The molecule has 7 nitrogen and oxygen atoms in total. The molecule has 3 aromatic carbocycles. The number of hydrogen-bond donors (Lipinski definition) is 3. The smallest absolute Gasteiger partial charge is 0.338 e. The van der Waals surface area contributed by atoms with Crippen LogP contribution >= 0.6 is 0 Å². The number of methoxy groups -OCH3 is 1. The van der Waals surface area contributed by atoms with E-state index < -0.39 is 18.0 Å². The largest absolute Gasteiger partial charge is 0.495 e. The second-order valence-electron chi connectivity index (χ2n) is 6.04. The lowest BCUT2D eigenvalue weighted by atomic mass is 10.1. The summed E-state index contributed by atoms with van der Waals surface area (Å²) in [6.07, 6.45) is -0.798. The number of para-hydroxylation sites is 2. The molecule has 0 radical (unpaired) electrons. The number of hydrazine groups is 1. The van der Waals surface area contributed by atoms with Crippen LogP contribution in [0.4, 0.5) is 10.5 Å². The van der Waals surface area contributed by atoms with E-state index in [-0.39, 0.29) is 0 Å². The lowest BCUT2D eigenvalue weighted by Crippen LogP contribution is -2.48. The zero-order valence-electron chi connectivity index (χ0n) is 15.6. The summed E-state index contributed by atoms with van der Waals surface area (Å²) in [5.74, 6) is 0.597. The van der Waals surface area contributed by atoms with Crippen molar-refractivity contribution < 1.29 is 19.1 Å². The lowest BCUT2D eigenvalue weighted by molar-refractivity contribution is -0.127. The number of benzene rings is 3. The van der Waals surface area contributed by atoms with Crippen molar-refractivity contribution in [3.63, 3.8) is 0 Å². The molecule has 0 aliphatic rings. The Morgan fingerprint density at radius 2 is 1.61 bits per heavy atom. The number of anilines is 1. The molecule has 0 saturated carbocycles. The number of amides is 3. The van der Waals surface area contributed by atoms with Crippen molar-refractivity contribution in [1.82, 2.24) is 10.9 Å². The predicted octanol–water partition coefficient (Wildman–Crippen LogP) is 3.47. The normalized spacial score (nSPS) is 11.4. The van der Waals surface area contributed by atoms with Gasteiger partial charge < -0.3 is 14.8 Å². The summed E-state index contributed by atoms with van der Waals surface area (Å²) in [6.45, 7) is 1.60. The lowest BCUT2D eigenvalue weighted by Gasteiger charge is -2.16. The van der Waals surface area contributed by atoms with Crippen molar-refractivity contribution in [2.75, 3.05) is 12.4 Å². The Morgan fingerprint density at radius 3 is 2.39 bits per heavy atom. The van der Waals surface area contributed by atoms with E-state index >= 15 is 0 Å². The van der Waals surface area contributed by atoms with Gasteiger partial charge in [0, 0.05) is 0 Å². The average molecular weight is 379 g/mol. The third kappa shape index (κ3) is 4.70. The Balaban J connectivity index is 1.52. The number of urea groups is 1. The van der Waals surface area contributed by atoms with E-state index in [1.54, 1.807) is 37.3 Å². The van der Waals surface area contributed by atoms with Gasteiger partial charge in [0.2, 0.25) is 0 Å². The second-order valence-corrected chi connectivity index (χ2v) is 6.04. The van der Waals surface area contributed by atoms with Crippen LogP contribution < -0.4 is 25.6 Å². The number of fused-ring (bicyclic) bond motifs is 1. The van der Waals surface area contributed by atoms with Gasteiger partial charge in [-0.3, -0.25) is 10.2 Å². The molecule has 0 fully saturated rings. The second kappa shape index (κ2) is 8.77. The molecule has 28 heavy (non-hydrogen) atoms. The molecule has 0 bridgehead atoms. The van der Waals surface area contributed by atoms with Gasteiger partial charge in [0.25, 0.3) is 5.91 Å². The summed E-state index contributed by atoms with van der Waals surface area (Å²) in [5.41, 5.74) is 5.11.